The Bertz CT molecular complexity index is 865. The molecule has 1 aromatic carbocycles. The lowest BCUT2D eigenvalue weighted by atomic mass is 10.1. The summed E-state index contributed by atoms with van der Waals surface area (Å²) in [4.78, 5) is 29.5. The molecule has 1 aromatic heterocycles. The van der Waals surface area contributed by atoms with Crippen molar-refractivity contribution in [3.8, 4) is 11.5 Å². The van der Waals surface area contributed by atoms with Crippen molar-refractivity contribution in [1.82, 2.24) is 9.55 Å². The van der Waals surface area contributed by atoms with Gasteiger partial charge >= 0.3 is 5.97 Å². The fraction of sp³-hybridized carbons (Fsp3) is 0.500. The Morgan fingerprint density at radius 1 is 1.21 bits per heavy atom. The highest BCUT2D eigenvalue weighted by Crippen LogP contribution is 2.27. The molecule has 0 saturated heterocycles. The highest BCUT2D eigenvalue weighted by atomic mass is 16.6. The summed E-state index contributed by atoms with van der Waals surface area (Å²) >= 11 is 0. The van der Waals surface area contributed by atoms with E-state index in [-0.39, 0.29) is 18.1 Å². The van der Waals surface area contributed by atoms with Crippen molar-refractivity contribution in [3.63, 3.8) is 0 Å². The molecule has 0 aliphatic rings. The van der Waals surface area contributed by atoms with Gasteiger partial charge in [0.05, 0.1) is 18.9 Å². The average Bonchev–Trinajstić information content (AvgIpc) is 3.03. The molecule has 7 heteroatoms. The summed E-state index contributed by atoms with van der Waals surface area (Å²) in [5, 5.41) is 0. The number of rotatable bonds is 9. The van der Waals surface area contributed by atoms with E-state index in [0.717, 1.165) is 25.1 Å². The van der Waals surface area contributed by atoms with Gasteiger partial charge in [0.1, 0.15) is 28.6 Å². The van der Waals surface area contributed by atoms with Crippen molar-refractivity contribution in [3.05, 3.63) is 41.5 Å². The Kier molecular flexibility index (Phi) is 7.42. The maximum absolute atomic E-state index is 13.2. The fourth-order valence-corrected chi connectivity index (χ4v) is 2.81. The molecule has 0 unspecified atom stereocenters. The average molecular weight is 402 g/mol. The highest BCUT2D eigenvalue weighted by Gasteiger charge is 2.22. The van der Waals surface area contributed by atoms with Crippen LogP contribution in [0.2, 0.25) is 0 Å². The third-order valence-electron chi connectivity index (χ3n) is 4.27. The lowest BCUT2D eigenvalue weighted by Gasteiger charge is -2.20. The van der Waals surface area contributed by atoms with Gasteiger partial charge in [-0.1, -0.05) is 13.3 Å². The maximum Gasteiger partial charge on any atom is 0.344 e. The van der Waals surface area contributed by atoms with E-state index >= 15 is 0 Å². The predicted molar refractivity (Wildman–Crippen MR) is 110 cm³/mol. The van der Waals surface area contributed by atoms with Crippen LogP contribution in [0.15, 0.2) is 24.4 Å². The Morgan fingerprint density at radius 2 is 1.93 bits per heavy atom. The summed E-state index contributed by atoms with van der Waals surface area (Å²) in [7, 11) is 3.35. The normalized spacial score (nSPS) is 11.2. The smallest absolute Gasteiger partial charge is 0.344 e. The molecule has 0 bridgehead atoms. The SMILES string of the molecule is CCCCc1ncc(C(=O)c2ccc(OC)cc2OCC(=O)OC(C)(C)C)n1C. The van der Waals surface area contributed by atoms with E-state index in [1.807, 2.05) is 7.05 Å². The number of imidazole rings is 1. The van der Waals surface area contributed by atoms with E-state index in [4.69, 9.17) is 14.2 Å². The number of hydrogen-bond donors (Lipinski definition) is 0. The molecule has 2 rings (SSSR count). The minimum absolute atomic E-state index is 0.232. The molecule has 0 fully saturated rings. The van der Waals surface area contributed by atoms with Crippen molar-refractivity contribution in [2.24, 2.45) is 7.05 Å². The first-order valence-electron chi connectivity index (χ1n) is 9.74. The van der Waals surface area contributed by atoms with Gasteiger partial charge < -0.3 is 18.8 Å². The lowest BCUT2D eigenvalue weighted by Crippen LogP contribution is -2.27. The van der Waals surface area contributed by atoms with Gasteiger partial charge in [-0.15, -0.1) is 0 Å². The molecule has 2 aromatic rings. The molecule has 7 nitrogen and oxygen atoms in total. The number of nitrogens with zero attached hydrogens (tertiary/aromatic N) is 2. The van der Waals surface area contributed by atoms with Crippen LogP contribution in [0.5, 0.6) is 11.5 Å². The van der Waals surface area contributed by atoms with Crippen LogP contribution in [-0.2, 0) is 23.0 Å². The van der Waals surface area contributed by atoms with Gasteiger partial charge in [0.2, 0.25) is 5.78 Å². The van der Waals surface area contributed by atoms with Crippen LogP contribution in [0.25, 0.3) is 0 Å². The largest absolute Gasteiger partial charge is 0.497 e. The first-order valence-corrected chi connectivity index (χ1v) is 9.74. The first-order chi connectivity index (χ1) is 13.7. The number of ether oxygens (including phenoxy) is 3. The van der Waals surface area contributed by atoms with Gasteiger partial charge in [0, 0.05) is 19.5 Å². The van der Waals surface area contributed by atoms with E-state index < -0.39 is 11.6 Å². The number of esters is 1. The molecule has 0 amide bonds. The van der Waals surface area contributed by atoms with Gasteiger partial charge in [-0.3, -0.25) is 4.79 Å². The Balaban J connectivity index is 2.27. The summed E-state index contributed by atoms with van der Waals surface area (Å²) in [6.07, 6.45) is 4.45. The summed E-state index contributed by atoms with van der Waals surface area (Å²) in [6, 6.07) is 4.90. The zero-order valence-corrected chi connectivity index (χ0v) is 18.1. The monoisotopic (exact) mass is 402 g/mol. The van der Waals surface area contributed by atoms with E-state index in [2.05, 4.69) is 11.9 Å². The van der Waals surface area contributed by atoms with Crippen LogP contribution >= 0.6 is 0 Å². The standard InChI is InChI=1S/C22H30N2O5/c1-7-8-9-19-23-13-17(24(19)5)21(26)16-11-10-15(27-6)12-18(16)28-14-20(25)29-22(2,3)4/h10-13H,7-9,14H2,1-6H3. The zero-order chi connectivity index (χ0) is 21.6. The van der Waals surface area contributed by atoms with Crippen molar-refractivity contribution in [2.45, 2.75) is 52.6 Å². The van der Waals surface area contributed by atoms with Crippen molar-refractivity contribution < 1.29 is 23.8 Å². The molecule has 29 heavy (non-hydrogen) atoms. The van der Waals surface area contributed by atoms with Crippen LogP contribution in [0.4, 0.5) is 0 Å². The molecular weight excluding hydrogens is 372 g/mol. The third kappa shape index (κ3) is 6.07. The van der Waals surface area contributed by atoms with E-state index in [9.17, 15) is 9.59 Å². The number of carbonyl (C=O) groups is 2. The second kappa shape index (κ2) is 9.58. The lowest BCUT2D eigenvalue weighted by molar-refractivity contribution is -0.157. The summed E-state index contributed by atoms with van der Waals surface area (Å²) < 4.78 is 17.9. The third-order valence-corrected chi connectivity index (χ3v) is 4.27. The van der Waals surface area contributed by atoms with Crippen molar-refractivity contribution in [2.75, 3.05) is 13.7 Å². The quantitative estimate of drug-likeness (QED) is 0.470. The molecule has 0 spiro atoms. The van der Waals surface area contributed by atoms with Gasteiger partial charge in [0.15, 0.2) is 6.61 Å². The molecule has 0 saturated carbocycles. The molecule has 0 N–H and O–H groups in total. The Labute approximate surface area is 172 Å². The predicted octanol–water partition coefficient (Wildman–Crippen LogP) is 3.72. The zero-order valence-electron chi connectivity index (χ0n) is 18.1. The fourth-order valence-electron chi connectivity index (χ4n) is 2.81. The summed E-state index contributed by atoms with van der Waals surface area (Å²) in [6.45, 7) is 7.15. The number of hydrogen-bond acceptors (Lipinski definition) is 6. The Morgan fingerprint density at radius 3 is 2.55 bits per heavy atom. The number of carbonyl (C=O) groups excluding carboxylic acids is 2. The molecule has 158 valence electrons. The maximum atomic E-state index is 13.2. The van der Waals surface area contributed by atoms with Gasteiger partial charge in [-0.05, 0) is 39.3 Å². The van der Waals surface area contributed by atoms with Crippen molar-refractivity contribution in [1.29, 1.82) is 0 Å². The van der Waals surface area contributed by atoms with E-state index in [1.165, 1.54) is 7.11 Å². The number of benzene rings is 1. The number of aromatic nitrogens is 2. The summed E-state index contributed by atoms with van der Waals surface area (Å²) in [5.41, 5.74) is 0.180. The van der Waals surface area contributed by atoms with Crippen LogP contribution in [0, 0.1) is 0 Å². The number of methoxy groups -OCH3 is 1. The molecule has 1 heterocycles. The number of ketones is 1. The minimum atomic E-state index is -0.614. The van der Waals surface area contributed by atoms with Crippen molar-refractivity contribution >= 4 is 11.8 Å². The van der Waals surface area contributed by atoms with Crippen LogP contribution in [0.3, 0.4) is 0 Å². The number of aryl methyl sites for hydroxylation is 1. The van der Waals surface area contributed by atoms with Crippen LogP contribution in [0.1, 0.15) is 62.4 Å². The van der Waals surface area contributed by atoms with Gasteiger partial charge in [-0.2, -0.15) is 0 Å². The molecule has 0 aliphatic heterocycles. The highest BCUT2D eigenvalue weighted by molar-refractivity contribution is 6.09. The molecule has 0 atom stereocenters. The Hall–Kier alpha value is -2.83. The number of unbranched alkanes of at least 4 members (excludes halogenated alkanes) is 1. The molecule has 0 aliphatic carbocycles. The second-order valence-electron chi connectivity index (χ2n) is 7.79. The minimum Gasteiger partial charge on any atom is -0.497 e. The van der Waals surface area contributed by atoms with Gasteiger partial charge in [0.25, 0.3) is 0 Å². The van der Waals surface area contributed by atoms with E-state index in [1.54, 1.807) is 49.7 Å². The van der Waals surface area contributed by atoms with Gasteiger partial charge in [-0.25, -0.2) is 9.78 Å². The molecular formula is C22H30N2O5. The van der Waals surface area contributed by atoms with Crippen LogP contribution < -0.4 is 9.47 Å². The second-order valence-corrected chi connectivity index (χ2v) is 7.79. The summed E-state index contributed by atoms with van der Waals surface area (Å²) in [5.74, 6) is 0.900. The van der Waals surface area contributed by atoms with E-state index in [0.29, 0.717) is 17.0 Å². The first kappa shape index (κ1) is 22.5. The topological polar surface area (TPSA) is 79.7 Å². The molecule has 0 radical (unpaired) electrons. The van der Waals surface area contributed by atoms with Crippen LogP contribution in [-0.4, -0.2) is 40.6 Å².